The predicted molar refractivity (Wildman–Crippen MR) is 74.3 cm³/mol. The zero-order chi connectivity index (χ0) is 14.7. The lowest BCUT2D eigenvalue weighted by Gasteiger charge is -2.10. The lowest BCUT2D eigenvalue weighted by molar-refractivity contribution is 0.0667. The van der Waals surface area contributed by atoms with Crippen molar-refractivity contribution in [1.29, 1.82) is 0 Å². The topological polar surface area (TPSA) is 63.6 Å². The molecule has 0 aliphatic carbocycles. The van der Waals surface area contributed by atoms with Crippen LogP contribution in [0.2, 0.25) is 0 Å². The summed E-state index contributed by atoms with van der Waals surface area (Å²) in [7, 11) is 0. The van der Waals surface area contributed by atoms with Gasteiger partial charge in [0.05, 0.1) is 11.1 Å². The van der Waals surface area contributed by atoms with E-state index in [2.05, 4.69) is 0 Å². The zero-order valence-electron chi connectivity index (χ0n) is 11.2. The molecule has 2 aromatic rings. The number of rotatable bonds is 3. The number of aromatic carboxylic acids is 1. The van der Waals surface area contributed by atoms with Gasteiger partial charge >= 0.3 is 11.9 Å². The Hall–Kier alpha value is -2.62. The minimum absolute atomic E-state index is 0.0425. The summed E-state index contributed by atoms with van der Waals surface area (Å²) < 4.78 is 5.30. The molecule has 4 heteroatoms. The summed E-state index contributed by atoms with van der Waals surface area (Å²) in [6.45, 7) is 3.76. The van der Waals surface area contributed by atoms with Crippen LogP contribution >= 0.6 is 0 Å². The highest BCUT2D eigenvalue weighted by molar-refractivity contribution is 6.03. The number of carbonyl (C=O) groups is 2. The Balaban J connectivity index is 2.34. The summed E-state index contributed by atoms with van der Waals surface area (Å²) >= 11 is 0. The smallest absolute Gasteiger partial charge is 0.344 e. The fraction of sp³-hybridized carbons (Fsp3) is 0.125. The van der Waals surface area contributed by atoms with Crippen LogP contribution < -0.4 is 4.74 Å². The summed E-state index contributed by atoms with van der Waals surface area (Å²) in [5.74, 6) is -1.38. The Morgan fingerprint density at radius 3 is 2.25 bits per heavy atom. The van der Waals surface area contributed by atoms with Crippen LogP contribution in [0, 0.1) is 13.8 Å². The van der Waals surface area contributed by atoms with Crippen molar-refractivity contribution < 1.29 is 19.4 Å². The number of ether oxygens (including phenoxy) is 1. The standard InChI is InChI=1S/C16H14O4/c1-10-6-5-9-14(11(10)2)20-16(19)13-8-4-3-7-12(13)15(17)18/h3-9H,1-2H3,(H,17,18). The number of hydrogen-bond acceptors (Lipinski definition) is 3. The van der Waals surface area contributed by atoms with Gasteiger partial charge in [0.25, 0.3) is 0 Å². The minimum atomic E-state index is -1.15. The van der Waals surface area contributed by atoms with Crippen molar-refractivity contribution >= 4 is 11.9 Å². The summed E-state index contributed by atoms with van der Waals surface area (Å²) in [5.41, 5.74) is 1.83. The number of carboxylic acids is 1. The van der Waals surface area contributed by atoms with Crippen LogP contribution in [0.15, 0.2) is 42.5 Å². The number of aryl methyl sites for hydroxylation is 1. The molecule has 0 spiro atoms. The predicted octanol–water partition coefficient (Wildman–Crippen LogP) is 3.22. The highest BCUT2D eigenvalue weighted by Gasteiger charge is 2.18. The maximum absolute atomic E-state index is 12.1. The lowest BCUT2D eigenvalue weighted by Crippen LogP contribution is -2.14. The van der Waals surface area contributed by atoms with E-state index in [0.717, 1.165) is 11.1 Å². The Morgan fingerprint density at radius 1 is 0.950 bits per heavy atom. The third-order valence-corrected chi connectivity index (χ3v) is 3.13. The van der Waals surface area contributed by atoms with E-state index in [1.165, 1.54) is 12.1 Å². The fourth-order valence-corrected chi connectivity index (χ4v) is 1.84. The molecule has 20 heavy (non-hydrogen) atoms. The van der Waals surface area contributed by atoms with E-state index in [1.807, 2.05) is 19.9 Å². The highest BCUT2D eigenvalue weighted by atomic mass is 16.5. The largest absolute Gasteiger partial charge is 0.478 e. The van der Waals surface area contributed by atoms with E-state index in [4.69, 9.17) is 9.84 Å². The second-order valence-corrected chi connectivity index (χ2v) is 4.44. The average molecular weight is 270 g/mol. The molecule has 4 nitrogen and oxygen atoms in total. The van der Waals surface area contributed by atoms with Crippen LogP contribution in [0.5, 0.6) is 5.75 Å². The number of carbonyl (C=O) groups excluding carboxylic acids is 1. The van der Waals surface area contributed by atoms with E-state index in [-0.39, 0.29) is 11.1 Å². The van der Waals surface area contributed by atoms with Crippen LogP contribution in [0.3, 0.4) is 0 Å². The van der Waals surface area contributed by atoms with Gasteiger partial charge in [-0.15, -0.1) is 0 Å². The number of benzene rings is 2. The van der Waals surface area contributed by atoms with Crippen LogP contribution in [0.1, 0.15) is 31.8 Å². The van der Waals surface area contributed by atoms with Crippen LogP contribution in [-0.2, 0) is 0 Å². The van der Waals surface area contributed by atoms with Crippen LogP contribution in [0.25, 0.3) is 0 Å². The minimum Gasteiger partial charge on any atom is -0.478 e. The third kappa shape index (κ3) is 2.69. The van der Waals surface area contributed by atoms with Crippen molar-refractivity contribution in [1.82, 2.24) is 0 Å². The van der Waals surface area contributed by atoms with E-state index in [1.54, 1.807) is 24.3 Å². The van der Waals surface area contributed by atoms with Gasteiger partial charge < -0.3 is 9.84 Å². The molecule has 2 rings (SSSR count). The number of hydrogen-bond donors (Lipinski definition) is 1. The molecule has 0 aromatic heterocycles. The molecule has 0 aliphatic rings. The Bertz CT molecular complexity index is 674. The van der Waals surface area contributed by atoms with Crippen molar-refractivity contribution in [3.05, 3.63) is 64.7 Å². The van der Waals surface area contributed by atoms with Gasteiger partial charge in [-0.25, -0.2) is 9.59 Å². The molecule has 0 atom stereocenters. The highest BCUT2D eigenvalue weighted by Crippen LogP contribution is 2.22. The van der Waals surface area contributed by atoms with E-state index in [9.17, 15) is 9.59 Å². The second-order valence-electron chi connectivity index (χ2n) is 4.44. The molecule has 0 unspecified atom stereocenters. The fourth-order valence-electron chi connectivity index (χ4n) is 1.84. The van der Waals surface area contributed by atoms with Crippen LogP contribution in [0.4, 0.5) is 0 Å². The van der Waals surface area contributed by atoms with E-state index < -0.39 is 11.9 Å². The quantitative estimate of drug-likeness (QED) is 0.687. The molecule has 1 N–H and O–H groups in total. The molecular weight excluding hydrogens is 256 g/mol. The van der Waals surface area contributed by atoms with E-state index in [0.29, 0.717) is 5.75 Å². The summed E-state index contributed by atoms with van der Waals surface area (Å²) in [5, 5.41) is 9.07. The number of esters is 1. The van der Waals surface area contributed by atoms with E-state index >= 15 is 0 Å². The normalized spacial score (nSPS) is 10.1. The van der Waals surface area contributed by atoms with Gasteiger partial charge in [-0.05, 0) is 43.2 Å². The molecule has 102 valence electrons. The van der Waals surface area contributed by atoms with Crippen LogP contribution in [-0.4, -0.2) is 17.0 Å². The third-order valence-electron chi connectivity index (χ3n) is 3.13. The van der Waals surface area contributed by atoms with Crippen molar-refractivity contribution in [2.45, 2.75) is 13.8 Å². The average Bonchev–Trinajstić information content (AvgIpc) is 2.43. The van der Waals surface area contributed by atoms with Gasteiger partial charge in [-0.3, -0.25) is 0 Å². The van der Waals surface area contributed by atoms with Gasteiger partial charge in [-0.1, -0.05) is 24.3 Å². The maximum Gasteiger partial charge on any atom is 0.344 e. The van der Waals surface area contributed by atoms with Gasteiger partial charge in [-0.2, -0.15) is 0 Å². The molecule has 0 radical (unpaired) electrons. The van der Waals surface area contributed by atoms with Gasteiger partial charge in [0.2, 0.25) is 0 Å². The van der Waals surface area contributed by atoms with Crippen molar-refractivity contribution in [2.75, 3.05) is 0 Å². The molecule has 2 aromatic carbocycles. The summed E-state index contributed by atoms with van der Waals surface area (Å²) in [6, 6.07) is 11.4. The maximum atomic E-state index is 12.1. The molecule has 0 saturated heterocycles. The summed E-state index contributed by atoms with van der Waals surface area (Å²) in [4.78, 5) is 23.2. The van der Waals surface area contributed by atoms with Gasteiger partial charge in [0.1, 0.15) is 5.75 Å². The molecular formula is C16H14O4. The Kier molecular flexibility index (Phi) is 3.84. The molecule has 0 bridgehead atoms. The first-order valence-electron chi connectivity index (χ1n) is 6.11. The monoisotopic (exact) mass is 270 g/mol. The Labute approximate surface area is 116 Å². The molecule has 0 fully saturated rings. The Morgan fingerprint density at radius 2 is 1.60 bits per heavy atom. The first-order valence-corrected chi connectivity index (χ1v) is 6.11. The first-order chi connectivity index (χ1) is 9.50. The van der Waals surface area contributed by atoms with Crippen molar-refractivity contribution in [3.8, 4) is 5.75 Å². The molecule has 0 aliphatic heterocycles. The molecule has 0 heterocycles. The van der Waals surface area contributed by atoms with Gasteiger partial charge in [0, 0.05) is 0 Å². The SMILES string of the molecule is Cc1cccc(OC(=O)c2ccccc2C(=O)O)c1C. The van der Waals surface area contributed by atoms with Gasteiger partial charge in [0.15, 0.2) is 0 Å². The van der Waals surface area contributed by atoms with Crippen molar-refractivity contribution in [3.63, 3.8) is 0 Å². The molecule has 0 saturated carbocycles. The zero-order valence-corrected chi connectivity index (χ0v) is 11.2. The second kappa shape index (κ2) is 5.57. The molecule has 0 amide bonds. The lowest BCUT2D eigenvalue weighted by atomic mass is 10.1. The number of carboxylic acid groups (broad SMARTS) is 1. The van der Waals surface area contributed by atoms with Crippen molar-refractivity contribution in [2.24, 2.45) is 0 Å². The first kappa shape index (κ1) is 13.8. The summed E-state index contributed by atoms with van der Waals surface area (Å²) in [6.07, 6.45) is 0.